The number of aryl methyl sites for hydroxylation is 1. The van der Waals surface area contributed by atoms with Crippen LogP contribution in [0.2, 0.25) is 0 Å². The molecule has 3 rings (SSSR count). The molecule has 0 unspecified atom stereocenters. The van der Waals surface area contributed by atoms with Gasteiger partial charge in [-0.25, -0.2) is 22.0 Å². The molecular weight excluding hydrogens is 425 g/mol. The Labute approximate surface area is 174 Å². The largest absolute Gasteiger partial charge is 0.429 e. The van der Waals surface area contributed by atoms with E-state index in [0.29, 0.717) is 25.0 Å². The van der Waals surface area contributed by atoms with Crippen LogP contribution in [0.15, 0.2) is 48.5 Å². The standard InChI is InChI=1S/C23H17F7O/c1-2-3-4-14-7-10-17(21(27)20(14)26)13-5-8-15(9-6-13)23(29,30)31-16-11-18(24)22(28)19(25)12-16/h5-12H,2-4H2,1H3. The molecule has 164 valence electrons. The van der Waals surface area contributed by atoms with Crippen LogP contribution in [0.4, 0.5) is 30.7 Å². The van der Waals surface area contributed by atoms with Crippen molar-refractivity contribution in [3.8, 4) is 16.9 Å². The van der Waals surface area contributed by atoms with E-state index in [1.165, 1.54) is 12.1 Å². The first-order valence-corrected chi connectivity index (χ1v) is 9.43. The fourth-order valence-corrected chi connectivity index (χ4v) is 3.01. The summed E-state index contributed by atoms with van der Waals surface area (Å²) in [4.78, 5) is 0. The Balaban J connectivity index is 1.85. The normalized spacial score (nSPS) is 11.6. The summed E-state index contributed by atoms with van der Waals surface area (Å²) < 4.78 is 101. The minimum atomic E-state index is -4.02. The second-order valence-electron chi connectivity index (χ2n) is 6.90. The number of alkyl halides is 2. The minimum absolute atomic E-state index is 0.101. The summed E-state index contributed by atoms with van der Waals surface area (Å²) in [7, 11) is 0. The molecule has 0 bridgehead atoms. The Morgan fingerprint density at radius 3 is 1.97 bits per heavy atom. The van der Waals surface area contributed by atoms with Gasteiger partial charge in [0.05, 0.1) is 5.56 Å². The fourth-order valence-electron chi connectivity index (χ4n) is 3.01. The maximum Gasteiger partial charge on any atom is 0.426 e. The molecule has 0 spiro atoms. The van der Waals surface area contributed by atoms with Crippen LogP contribution in [0.25, 0.3) is 11.1 Å². The highest BCUT2D eigenvalue weighted by Gasteiger charge is 2.35. The molecule has 31 heavy (non-hydrogen) atoms. The number of unbranched alkanes of at least 4 members (excludes halogenated alkanes) is 1. The van der Waals surface area contributed by atoms with Crippen LogP contribution < -0.4 is 4.74 Å². The lowest BCUT2D eigenvalue weighted by atomic mass is 9.99. The molecule has 3 aromatic rings. The Bertz CT molecular complexity index is 1060. The van der Waals surface area contributed by atoms with Crippen molar-refractivity contribution in [1.29, 1.82) is 0 Å². The van der Waals surface area contributed by atoms with E-state index in [0.717, 1.165) is 30.7 Å². The number of hydrogen-bond donors (Lipinski definition) is 0. The lowest BCUT2D eigenvalue weighted by Crippen LogP contribution is -2.22. The quantitative estimate of drug-likeness (QED) is 0.272. The van der Waals surface area contributed by atoms with Gasteiger partial charge in [-0.3, -0.25) is 0 Å². The van der Waals surface area contributed by atoms with E-state index < -0.39 is 46.5 Å². The summed E-state index contributed by atoms with van der Waals surface area (Å²) in [6.07, 6.45) is -2.13. The molecule has 0 heterocycles. The Hall–Kier alpha value is -3.03. The molecule has 0 N–H and O–H groups in total. The SMILES string of the molecule is CCCCc1ccc(-c2ccc(C(F)(F)Oc3cc(F)c(F)c(F)c3)cc2)c(F)c1F. The van der Waals surface area contributed by atoms with Crippen molar-refractivity contribution in [2.24, 2.45) is 0 Å². The third-order valence-electron chi connectivity index (χ3n) is 4.70. The summed E-state index contributed by atoms with van der Waals surface area (Å²) in [5, 5.41) is 0. The van der Waals surface area contributed by atoms with E-state index in [1.807, 2.05) is 6.92 Å². The number of rotatable bonds is 7. The fraction of sp³-hybridized carbons (Fsp3) is 0.217. The van der Waals surface area contributed by atoms with Gasteiger partial charge in [0, 0.05) is 17.7 Å². The zero-order valence-electron chi connectivity index (χ0n) is 16.3. The molecule has 0 saturated heterocycles. The summed E-state index contributed by atoms with van der Waals surface area (Å²) in [5.74, 6) is -8.15. The second-order valence-corrected chi connectivity index (χ2v) is 6.90. The van der Waals surface area contributed by atoms with Crippen molar-refractivity contribution in [3.05, 3.63) is 88.7 Å². The smallest absolute Gasteiger partial charge is 0.426 e. The van der Waals surface area contributed by atoms with Crippen LogP contribution in [-0.2, 0) is 12.5 Å². The molecule has 0 fully saturated rings. The predicted molar refractivity (Wildman–Crippen MR) is 101 cm³/mol. The van der Waals surface area contributed by atoms with E-state index in [2.05, 4.69) is 4.74 Å². The average molecular weight is 442 g/mol. The highest BCUT2D eigenvalue weighted by molar-refractivity contribution is 5.65. The van der Waals surface area contributed by atoms with Crippen LogP contribution >= 0.6 is 0 Å². The van der Waals surface area contributed by atoms with Gasteiger partial charge in [0.25, 0.3) is 0 Å². The van der Waals surface area contributed by atoms with Gasteiger partial charge in [-0.2, -0.15) is 8.78 Å². The second kappa shape index (κ2) is 8.99. The third-order valence-corrected chi connectivity index (χ3v) is 4.70. The molecule has 1 nitrogen and oxygen atoms in total. The summed E-state index contributed by atoms with van der Waals surface area (Å²) in [6.45, 7) is 1.92. The molecule has 0 saturated carbocycles. The molecule has 0 aliphatic heterocycles. The first-order valence-electron chi connectivity index (χ1n) is 9.43. The molecule has 3 aromatic carbocycles. The first-order chi connectivity index (χ1) is 14.6. The van der Waals surface area contributed by atoms with Gasteiger partial charge in [-0.05, 0) is 36.1 Å². The van der Waals surface area contributed by atoms with Gasteiger partial charge in [0.15, 0.2) is 29.1 Å². The topological polar surface area (TPSA) is 9.23 Å². The summed E-state index contributed by atoms with van der Waals surface area (Å²) in [6, 6.07) is 7.51. The number of halogens is 7. The first kappa shape index (κ1) is 22.7. The van der Waals surface area contributed by atoms with Gasteiger partial charge >= 0.3 is 6.11 Å². The Morgan fingerprint density at radius 1 is 0.774 bits per heavy atom. The van der Waals surface area contributed by atoms with Crippen molar-refractivity contribution in [1.82, 2.24) is 0 Å². The molecular formula is C23H17F7O. The molecule has 0 radical (unpaired) electrons. The minimum Gasteiger partial charge on any atom is -0.429 e. The molecule has 0 aliphatic rings. The molecule has 0 aliphatic carbocycles. The van der Waals surface area contributed by atoms with Crippen molar-refractivity contribution in [2.45, 2.75) is 32.3 Å². The zero-order valence-corrected chi connectivity index (χ0v) is 16.3. The lowest BCUT2D eigenvalue weighted by molar-refractivity contribution is -0.185. The van der Waals surface area contributed by atoms with Gasteiger partial charge in [-0.1, -0.05) is 37.6 Å². The van der Waals surface area contributed by atoms with Crippen LogP contribution in [0.1, 0.15) is 30.9 Å². The number of benzene rings is 3. The van der Waals surface area contributed by atoms with E-state index in [4.69, 9.17) is 0 Å². The van der Waals surface area contributed by atoms with Gasteiger partial charge in [0.1, 0.15) is 5.75 Å². The predicted octanol–water partition coefficient (Wildman–Crippen LogP) is 7.52. The van der Waals surface area contributed by atoms with Crippen molar-refractivity contribution >= 4 is 0 Å². The van der Waals surface area contributed by atoms with Gasteiger partial charge < -0.3 is 4.74 Å². The average Bonchev–Trinajstić information content (AvgIpc) is 2.73. The van der Waals surface area contributed by atoms with Crippen molar-refractivity contribution in [3.63, 3.8) is 0 Å². The monoisotopic (exact) mass is 442 g/mol. The lowest BCUT2D eigenvalue weighted by Gasteiger charge is -2.19. The molecule has 0 aromatic heterocycles. The Morgan fingerprint density at radius 2 is 1.39 bits per heavy atom. The highest BCUT2D eigenvalue weighted by Crippen LogP contribution is 2.35. The summed E-state index contributed by atoms with van der Waals surface area (Å²) in [5.41, 5.74) is -0.423. The summed E-state index contributed by atoms with van der Waals surface area (Å²) >= 11 is 0. The van der Waals surface area contributed by atoms with E-state index >= 15 is 0 Å². The number of hydrogen-bond acceptors (Lipinski definition) is 1. The Kier molecular flexibility index (Phi) is 6.57. The van der Waals surface area contributed by atoms with E-state index in [9.17, 15) is 30.7 Å². The highest BCUT2D eigenvalue weighted by atomic mass is 19.3. The maximum absolute atomic E-state index is 14.5. The van der Waals surface area contributed by atoms with Crippen LogP contribution in [0, 0.1) is 29.1 Å². The van der Waals surface area contributed by atoms with Crippen molar-refractivity contribution < 1.29 is 35.5 Å². The molecule has 8 heteroatoms. The number of ether oxygens (including phenoxy) is 1. The zero-order chi connectivity index (χ0) is 22.8. The molecule has 0 atom stereocenters. The maximum atomic E-state index is 14.5. The third kappa shape index (κ3) is 4.84. The van der Waals surface area contributed by atoms with E-state index in [1.54, 1.807) is 0 Å². The van der Waals surface area contributed by atoms with Crippen LogP contribution in [0.5, 0.6) is 5.75 Å². The van der Waals surface area contributed by atoms with E-state index in [-0.39, 0.29) is 16.7 Å². The van der Waals surface area contributed by atoms with Crippen molar-refractivity contribution in [2.75, 3.05) is 0 Å². The van der Waals surface area contributed by atoms with Gasteiger partial charge in [-0.15, -0.1) is 0 Å². The van der Waals surface area contributed by atoms with Crippen LogP contribution in [0.3, 0.4) is 0 Å². The van der Waals surface area contributed by atoms with Crippen LogP contribution in [-0.4, -0.2) is 0 Å². The van der Waals surface area contributed by atoms with Gasteiger partial charge in [0.2, 0.25) is 0 Å². The molecule has 0 amide bonds.